The lowest BCUT2D eigenvalue weighted by Crippen LogP contribution is -2.20. The standard InChI is InChI=1S/C22H24F2N2O2/c1-3-9-15(10-4-2)20(27-16-11-6-5-7-12-16)21-25-22(28-26-21)19-17(23)13-8-14-18(19)24/h5-8,11-15,20H,3-4,9-10H2,1-2H3. The first-order valence-corrected chi connectivity index (χ1v) is 9.63. The maximum Gasteiger partial charge on any atom is 0.264 e. The van der Waals surface area contributed by atoms with Gasteiger partial charge in [0, 0.05) is 5.92 Å². The molecule has 28 heavy (non-hydrogen) atoms. The number of nitrogens with zero attached hydrogens (tertiary/aromatic N) is 2. The smallest absolute Gasteiger partial charge is 0.264 e. The molecule has 3 rings (SSSR count). The van der Waals surface area contributed by atoms with Crippen LogP contribution in [0.1, 0.15) is 51.5 Å². The summed E-state index contributed by atoms with van der Waals surface area (Å²) in [5.74, 6) is -0.518. The van der Waals surface area contributed by atoms with Crippen molar-refractivity contribution in [1.82, 2.24) is 10.1 Å². The van der Waals surface area contributed by atoms with E-state index in [0.717, 1.165) is 37.8 Å². The van der Waals surface area contributed by atoms with Gasteiger partial charge in [0.05, 0.1) is 0 Å². The molecule has 0 aliphatic carbocycles. The summed E-state index contributed by atoms with van der Waals surface area (Å²) in [6.07, 6.45) is 3.33. The molecular formula is C22H24F2N2O2. The molecule has 0 bridgehead atoms. The number of ether oxygens (including phenoxy) is 1. The maximum atomic E-state index is 14.1. The third kappa shape index (κ3) is 4.55. The molecule has 0 radical (unpaired) electrons. The maximum absolute atomic E-state index is 14.1. The molecule has 2 aromatic carbocycles. The van der Waals surface area contributed by atoms with Crippen LogP contribution in [0.5, 0.6) is 5.75 Å². The highest BCUT2D eigenvalue weighted by Crippen LogP contribution is 2.34. The predicted octanol–water partition coefficient (Wildman–Crippen LogP) is 6.35. The highest BCUT2D eigenvalue weighted by Gasteiger charge is 2.30. The minimum Gasteiger partial charge on any atom is -0.482 e. The van der Waals surface area contributed by atoms with Crippen LogP contribution in [0.3, 0.4) is 0 Å². The third-order valence-electron chi connectivity index (χ3n) is 4.63. The summed E-state index contributed by atoms with van der Waals surface area (Å²) in [6.45, 7) is 4.22. The van der Waals surface area contributed by atoms with E-state index in [1.54, 1.807) is 0 Å². The number of hydrogen-bond donors (Lipinski definition) is 0. The number of aromatic nitrogens is 2. The van der Waals surface area contributed by atoms with Gasteiger partial charge in [-0.25, -0.2) is 8.78 Å². The fourth-order valence-electron chi connectivity index (χ4n) is 3.35. The van der Waals surface area contributed by atoms with E-state index in [0.29, 0.717) is 11.6 Å². The van der Waals surface area contributed by atoms with Crippen LogP contribution in [0.25, 0.3) is 11.5 Å². The minimum atomic E-state index is -0.741. The second kappa shape index (κ2) is 9.44. The Hall–Kier alpha value is -2.76. The van der Waals surface area contributed by atoms with Gasteiger partial charge in [-0.2, -0.15) is 4.98 Å². The fourth-order valence-corrected chi connectivity index (χ4v) is 3.35. The third-order valence-corrected chi connectivity index (χ3v) is 4.63. The normalized spacial score (nSPS) is 12.3. The summed E-state index contributed by atoms with van der Waals surface area (Å²) in [6, 6.07) is 13.0. The molecule has 0 aliphatic rings. The van der Waals surface area contributed by atoms with Crippen molar-refractivity contribution >= 4 is 0 Å². The van der Waals surface area contributed by atoms with Crippen molar-refractivity contribution in [3.05, 3.63) is 66.0 Å². The molecule has 3 aromatic rings. The average molecular weight is 386 g/mol. The molecule has 0 N–H and O–H groups in total. The zero-order chi connectivity index (χ0) is 19.9. The topological polar surface area (TPSA) is 48.2 Å². The number of hydrogen-bond acceptors (Lipinski definition) is 4. The quantitative estimate of drug-likeness (QED) is 0.430. The van der Waals surface area contributed by atoms with Crippen molar-refractivity contribution in [3.8, 4) is 17.2 Å². The molecule has 6 heteroatoms. The molecule has 0 saturated heterocycles. The Morgan fingerprint density at radius 3 is 2.18 bits per heavy atom. The van der Waals surface area contributed by atoms with E-state index in [1.165, 1.54) is 6.07 Å². The van der Waals surface area contributed by atoms with Crippen LogP contribution >= 0.6 is 0 Å². The molecule has 1 unspecified atom stereocenters. The van der Waals surface area contributed by atoms with Gasteiger partial charge in [0.1, 0.15) is 22.9 Å². The van der Waals surface area contributed by atoms with Gasteiger partial charge in [0.25, 0.3) is 5.89 Å². The van der Waals surface area contributed by atoms with E-state index in [1.807, 2.05) is 30.3 Å². The van der Waals surface area contributed by atoms with Gasteiger partial charge in [-0.3, -0.25) is 0 Å². The van der Waals surface area contributed by atoms with Gasteiger partial charge in [0.2, 0.25) is 5.82 Å². The van der Waals surface area contributed by atoms with Crippen molar-refractivity contribution in [2.24, 2.45) is 5.92 Å². The highest BCUT2D eigenvalue weighted by molar-refractivity contribution is 5.54. The van der Waals surface area contributed by atoms with E-state index in [4.69, 9.17) is 9.26 Å². The molecule has 148 valence electrons. The van der Waals surface area contributed by atoms with Gasteiger partial charge in [-0.05, 0) is 37.1 Å². The lowest BCUT2D eigenvalue weighted by Gasteiger charge is -2.25. The van der Waals surface area contributed by atoms with Crippen molar-refractivity contribution in [1.29, 1.82) is 0 Å². The SMILES string of the molecule is CCCC(CCC)C(Oc1ccccc1)c1noc(-c2c(F)cccc2F)n1. The summed E-state index contributed by atoms with van der Waals surface area (Å²) >= 11 is 0. The molecular weight excluding hydrogens is 362 g/mol. The molecule has 0 spiro atoms. The van der Waals surface area contributed by atoms with Gasteiger partial charge >= 0.3 is 0 Å². The second-order valence-corrected chi connectivity index (χ2v) is 6.74. The summed E-state index contributed by atoms with van der Waals surface area (Å²) in [4.78, 5) is 4.30. The van der Waals surface area contributed by atoms with E-state index in [2.05, 4.69) is 24.0 Å². The summed E-state index contributed by atoms with van der Waals surface area (Å²) in [7, 11) is 0. The first kappa shape index (κ1) is 20.0. The van der Waals surface area contributed by atoms with E-state index in [-0.39, 0.29) is 17.4 Å². The first-order chi connectivity index (χ1) is 13.6. The van der Waals surface area contributed by atoms with E-state index in [9.17, 15) is 8.78 Å². The largest absolute Gasteiger partial charge is 0.482 e. The van der Waals surface area contributed by atoms with Gasteiger partial charge < -0.3 is 9.26 Å². The van der Waals surface area contributed by atoms with Gasteiger partial charge in [0.15, 0.2) is 6.10 Å². The molecule has 0 fully saturated rings. The van der Waals surface area contributed by atoms with Gasteiger partial charge in [-0.1, -0.05) is 56.1 Å². The van der Waals surface area contributed by atoms with Crippen LogP contribution in [-0.4, -0.2) is 10.1 Å². The number of rotatable bonds is 9. The van der Waals surface area contributed by atoms with Crippen LogP contribution in [0.4, 0.5) is 8.78 Å². The molecule has 0 saturated carbocycles. The zero-order valence-corrected chi connectivity index (χ0v) is 16.1. The molecule has 0 aliphatic heterocycles. The summed E-state index contributed by atoms with van der Waals surface area (Å²) in [5, 5.41) is 4.01. The van der Waals surface area contributed by atoms with Crippen molar-refractivity contribution in [2.45, 2.75) is 45.6 Å². The van der Waals surface area contributed by atoms with Crippen molar-refractivity contribution < 1.29 is 18.0 Å². The van der Waals surface area contributed by atoms with Crippen molar-refractivity contribution in [3.63, 3.8) is 0 Å². The molecule has 4 nitrogen and oxygen atoms in total. The lowest BCUT2D eigenvalue weighted by molar-refractivity contribution is 0.110. The minimum absolute atomic E-state index is 0.158. The van der Waals surface area contributed by atoms with Gasteiger partial charge in [-0.15, -0.1) is 0 Å². The van der Waals surface area contributed by atoms with Crippen LogP contribution in [0.15, 0.2) is 53.1 Å². The Kier molecular flexibility index (Phi) is 6.74. The first-order valence-electron chi connectivity index (χ1n) is 9.63. The molecule has 1 heterocycles. The summed E-state index contributed by atoms with van der Waals surface area (Å²) < 4.78 is 39.6. The fraction of sp³-hybridized carbons (Fsp3) is 0.364. The average Bonchev–Trinajstić information content (AvgIpc) is 3.16. The Morgan fingerprint density at radius 2 is 1.57 bits per heavy atom. The molecule has 1 aromatic heterocycles. The molecule has 0 amide bonds. The second-order valence-electron chi connectivity index (χ2n) is 6.74. The lowest BCUT2D eigenvalue weighted by atomic mass is 9.91. The number of para-hydroxylation sites is 1. The Morgan fingerprint density at radius 1 is 0.929 bits per heavy atom. The van der Waals surface area contributed by atoms with Crippen molar-refractivity contribution in [2.75, 3.05) is 0 Å². The van der Waals surface area contributed by atoms with Crippen LogP contribution in [0.2, 0.25) is 0 Å². The Bertz CT molecular complexity index is 857. The van der Waals surface area contributed by atoms with E-state index >= 15 is 0 Å². The monoisotopic (exact) mass is 386 g/mol. The predicted molar refractivity (Wildman–Crippen MR) is 103 cm³/mol. The Balaban J connectivity index is 1.97. The van der Waals surface area contributed by atoms with Crippen LogP contribution in [0, 0.1) is 17.6 Å². The summed E-state index contributed by atoms with van der Waals surface area (Å²) in [5.41, 5.74) is -0.317. The number of benzene rings is 2. The van der Waals surface area contributed by atoms with E-state index < -0.39 is 17.7 Å². The number of halogens is 2. The van der Waals surface area contributed by atoms with Crippen LogP contribution < -0.4 is 4.74 Å². The highest BCUT2D eigenvalue weighted by atomic mass is 19.1. The van der Waals surface area contributed by atoms with Crippen LogP contribution in [-0.2, 0) is 0 Å². The zero-order valence-electron chi connectivity index (χ0n) is 16.1. The molecule has 1 atom stereocenters. The Labute approximate surface area is 163 Å².